The molecule has 0 saturated heterocycles. The molecule has 0 aliphatic rings. The molecule has 0 aromatic carbocycles. The summed E-state index contributed by atoms with van der Waals surface area (Å²) in [5.41, 5.74) is -0.218. The number of hydrogen-bond acceptors (Lipinski definition) is 4. The third kappa shape index (κ3) is 5.05. The van der Waals surface area contributed by atoms with Crippen molar-refractivity contribution in [2.75, 3.05) is 13.2 Å². The molecule has 96 valence electrons. The minimum atomic E-state index is -1.65. The van der Waals surface area contributed by atoms with Gasteiger partial charge in [0.1, 0.15) is 6.29 Å². The zero-order valence-corrected chi connectivity index (χ0v) is 10.9. The van der Waals surface area contributed by atoms with Crippen LogP contribution in [0.1, 0.15) is 41.0 Å². The van der Waals surface area contributed by atoms with Crippen molar-refractivity contribution >= 4 is 6.29 Å². The van der Waals surface area contributed by atoms with Gasteiger partial charge in [-0.2, -0.15) is 0 Å². The highest BCUT2D eigenvalue weighted by atomic mass is 16.8. The molecule has 0 radical (unpaired) electrons. The molecule has 0 bridgehead atoms. The second kappa shape index (κ2) is 6.33. The molecule has 0 heterocycles. The SMILES string of the molecule is CCOC(O)(CC(C=O)C(C)(C)C)OCC. The zero-order chi connectivity index (χ0) is 12.8. The highest BCUT2D eigenvalue weighted by Gasteiger charge is 2.37. The second-order valence-corrected chi connectivity index (χ2v) is 4.89. The second-order valence-electron chi connectivity index (χ2n) is 4.89. The molecule has 0 aliphatic carbocycles. The Morgan fingerprint density at radius 2 is 1.62 bits per heavy atom. The molecule has 0 amide bonds. The Morgan fingerprint density at radius 3 is 1.88 bits per heavy atom. The van der Waals surface area contributed by atoms with Crippen LogP contribution in [0.15, 0.2) is 0 Å². The van der Waals surface area contributed by atoms with E-state index < -0.39 is 5.97 Å². The summed E-state index contributed by atoms with van der Waals surface area (Å²) in [7, 11) is 0. The van der Waals surface area contributed by atoms with Gasteiger partial charge in [-0.25, -0.2) is 0 Å². The van der Waals surface area contributed by atoms with Gasteiger partial charge in [-0.15, -0.1) is 0 Å². The maximum Gasteiger partial charge on any atom is 0.281 e. The van der Waals surface area contributed by atoms with Crippen molar-refractivity contribution in [3.8, 4) is 0 Å². The van der Waals surface area contributed by atoms with Crippen LogP contribution in [0, 0.1) is 11.3 Å². The van der Waals surface area contributed by atoms with Crippen molar-refractivity contribution < 1.29 is 19.4 Å². The van der Waals surface area contributed by atoms with E-state index in [2.05, 4.69) is 0 Å². The van der Waals surface area contributed by atoms with Crippen molar-refractivity contribution in [2.45, 2.75) is 47.0 Å². The fraction of sp³-hybridized carbons (Fsp3) is 0.917. The summed E-state index contributed by atoms with van der Waals surface area (Å²) in [6.07, 6.45) is 1.00. The normalized spacial score (nSPS) is 14.9. The maximum absolute atomic E-state index is 11.0. The molecule has 1 unspecified atom stereocenters. The summed E-state index contributed by atoms with van der Waals surface area (Å²) in [5.74, 6) is -1.96. The lowest BCUT2D eigenvalue weighted by molar-refractivity contribution is -0.365. The molecule has 4 heteroatoms. The average Bonchev–Trinajstić information content (AvgIpc) is 2.13. The average molecular weight is 232 g/mol. The van der Waals surface area contributed by atoms with E-state index >= 15 is 0 Å². The Labute approximate surface area is 97.9 Å². The smallest absolute Gasteiger partial charge is 0.281 e. The lowest BCUT2D eigenvalue weighted by Crippen LogP contribution is -2.41. The summed E-state index contributed by atoms with van der Waals surface area (Å²) in [5, 5.41) is 10.1. The first kappa shape index (κ1) is 15.6. The Kier molecular flexibility index (Phi) is 6.15. The Hall–Kier alpha value is -0.450. The number of aldehydes is 1. The number of carbonyl (C=O) groups is 1. The molecule has 0 spiro atoms. The van der Waals surface area contributed by atoms with Crippen LogP contribution in [0.2, 0.25) is 0 Å². The predicted octanol–water partition coefficient (Wildman–Crippen LogP) is 1.96. The first-order valence-corrected chi connectivity index (χ1v) is 5.74. The number of ether oxygens (including phenoxy) is 2. The Bertz CT molecular complexity index is 202. The standard InChI is InChI=1S/C12H24O4/c1-6-15-12(14,16-7-2)8-10(9-13)11(3,4)5/h9-10,14H,6-8H2,1-5H3. The van der Waals surface area contributed by atoms with E-state index in [9.17, 15) is 9.90 Å². The lowest BCUT2D eigenvalue weighted by Gasteiger charge is -2.34. The van der Waals surface area contributed by atoms with Gasteiger partial charge in [-0.3, -0.25) is 0 Å². The van der Waals surface area contributed by atoms with Crippen molar-refractivity contribution in [1.82, 2.24) is 0 Å². The van der Waals surface area contributed by atoms with Crippen molar-refractivity contribution in [1.29, 1.82) is 0 Å². The van der Waals surface area contributed by atoms with Crippen LogP contribution in [0.5, 0.6) is 0 Å². The summed E-state index contributed by atoms with van der Waals surface area (Å²) in [4.78, 5) is 11.0. The van der Waals surface area contributed by atoms with Gasteiger partial charge in [0.15, 0.2) is 0 Å². The van der Waals surface area contributed by atoms with Crippen LogP contribution >= 0.6 is 0 Å². The fourth-order valence-electron chi connectivity index (χ4n) is 1.45. The third-order valence-corrected chi connectivity index (χ3v) is 2.49. The van der Waals surface area contributed by atoms with E-state index in [0.717, 1.165) is 6.29 Å². The number of rotatable bonds is 7. The van der Waals surface area contributed by atoms with Gasteiger partial charge < -0.3 is 19.4 Å². The summed E-state index contributed by atoms with van der Waals surface area (Å²) in [6.45, 7) is 10.1. The first-order chi connectivity index (χ1) is 7.29. The quantitative estimate of drug-likeness (QED) is 0.538. The van der Waals surface area contributed by atoms with Crippen molar-refractivity contribution in [3.05, 3.63) is 0 Å². The molecule has 0 aromatic heterocycles. The van der Waals surface area contributed by atoms with Crippen LogP contribution in [-0.2, 0) is 14.3 Å². The highest BCUT2D eigenvalue weighted by molar-refractivity contribution is 5.54. The molecule has 0 rings (SSSR count). The van der Waals surface area contributed by atoms with Gasteiger partial charge in [0.25, 0.3) is 5.97 Å². The monoisotopic (exact) mass is 232 g/mol. The van der Waals surface area contributed by atoms with Gasteiger partial charge in [0.2, 0.25) is 0 Å². The number of aliphatic hydroxyl groups is 1. The molecule has 1 atom stereocenters. The minimum Gasteiger partial charge on any atom is -0.343 e. The van der Waals surface area contributed by atoms with Crippen molar-refractivity contribution in [3.63, 3.8) is 0 Å². The summed E-state index contributed by atoms with van der Waals surface area (Å²) >= 11 is 0. The molecule has 4 nitrogen and oxygen atoms in total. The molecule has 0 aromatic rings. The predicted molar refractivity (Wildman–Crippen MR) is 61.8 cm³/mol. The van der Waals surface area contributed by atoms with Gasteiger partial charge in [-0.1, -0.05) is 20.8 Å². The van der Waals surface area contributed by atoms with Crippen LogP contribution in [0.25, 0.3) is 0 Å². The van der Waals surface area contributed by atoms with E-state index in [1.165, 1.54) is 0 Å². The van der Waals surface area contributed by atoms with E-state index in [1.54, 1.807) is 13.8 Å². The van der Waals surface area contributed by atoms with Crippen LogP contribution < -0.4 is 0 Å². The van der Waals surface area contributed by atoms with Gasteiger partial charge in [0.05, 0.1) is 0 Å². The largest absolute Gasteiger partial charge is 0.343 e. The Morgan fingerprint density at radius 1 is 1.19 bits per heavy atom. The maximum atomic E-state index is 11.0. The topological polar surface area (TPSA) is 55.8 Å². The molecule has 0 fully saturated rings. The number of hydrogen-bond donors (Lipinski definition) is 1. The molecule has 0 aliphatic heterocycles. The van der Waals surface area contributed by atoms with Crippen LogP contribution in [0.3, 0.4) is 0 Å². The minimum absolute atomic E-state index is 0.154. The molecular formula is C12H24O4. The van der Waals surface area contributed by atoms with Crippen molar-refractivity contribution in [2.24, 2.45) is 11.3 Å². The lowest BCUT2D eigenvalue weighted by atomic mass is 9.79. The van der Waals surface area contributed by atoms with Gasteiger partial charge >= 0.3 is 0 Å². The molecule has 1 N–H and O–H groups in total. The third-order valence-electron chi connectivity index (χ3n) is 2.49. The van der Waals surface area contributed by atoms with Crippen LogP contribution in [0.4, 0.5) is 0 Å². The van der Waals surface area contributed by atoms with E-state index in [-0.39, 0.29) is 17.8 Å². The fourth-order valence-corrected chi connectivity index (χ4v) is 1.45. The zero-order valence-electron chi connectivity index (χ0n) is 10.9. The van der Waals surface area contributed by atoms with Gasteiger partial charge in [0, 0.05) is 25.6 Å². The Balaban J connectivity index is 4.64. The summed E-state index contributed by atoms with van der Waals surface area (Å²) in [6, 6.07) is 0. The summed E-state index contributed by atoms with van der Waals surface area (Å²) < 4.78 is 10.3. The highest BCUT2D eigenvalue weighted by Crippen LogP contribution is 2.32. The van der Waals surface area contributed by atoms with Crippen LogP contribution in [-0.4, -0.2) is 30.6 Å². The molecule has 0 saturated carbocycles. The van der Waals surface area contributed by atoms with E-state index in [4.69, 9.17) is 9.47 Å². The first-order valence-electron chi connectivity index (χ1n) is 5.74. The van der Waals surface area contributed by atoms with E-state index in [1.807, 2.05) is 20.8 Å². The van der Waals surface area contributed by atoms with Gasteiger partial charge in [-0.05, 0) is 19.3 Å². The molecule has 16 heavy (non-hydrogen) atoms. The molecular weight excluding hydrogens is 208 g/mol. The number of carbonyl (C=O) groups excluding carboxylic acids is 1. The van der Waals surface area contributed by atoms with E-state index in [0.29, 0.717) is 13.2 Å².